The molecule has 188 valence electrons. The molecular formula is C27H35N3O4S. The third kappa shape index (κ3) is 6.44. The summed E-state index contributed by atoms with van der Waals surface area (Å²) in [5.41, 5.74) is 2.08. The van der Waals surface area contributed by atoms with Crippen molar-refractivity contribution in [3.05, 3.63) is 60.3 Å². The van der Waals surface area contributed by atoms with Crippen LogP contribution in [0.25, 0.3) is 10.9 Å². The molecule has 8 heteroatoms. The quantitative estimate of drug-likeness (QED) is 0.452. The fraction of sp³-hybridized carbons (Fsp3) is 0.444. The number of carbonyl (C=O) groups excluding carboxylic acids is 1. The van der Waals surface area contributed by atoms with Crippen LogP contribution < -0.4 is 10.1 Å². The first-order chi connectivity index (χ1) is 17.0. The van der Waals surface area contributed by atoms with Gasteiger partial charge in [-0.05, 0) is 68.1 Å². The van der Waals surface area contributed by atoms with Gasteiger partial charge in [-0.3, -0.25) is 4.79 Å². The van der Waals surface area contributed by atoms with Gasteiger partial charge in [0.1, 0.15) is 5.75 Å². The molecule has 1 aliphatic rings. The first kappa shape index (κ1) is 25.3. The Morgan fingerprint density at radius 3 is 2.46 bits per heavy atom. The Morgan fingerprint density at radius 2 is 1.74 bits per heavy atom. The number of hydrogen-bond acceptors (Lipinski definition) is 4. The number of fused-ring (bicyclic) bond motifs is 1. The van der Waals surface area contributed by atoms with E-state index in [0.29, 0.717) is 44.1 Å². The average molecular weight is 498 g/mol. The molecule has 1 amide bonds. The topological polar surface area (TPSA) is 80.6 Å². The maximum absolute atomic E-state index is 13.1. The number of nitrogens with zero attached hydrogens (tertiary/aromatic N) is 2. The number of sulfonamides is 1. The Balaban J connectivity index is 1.30. The van der Waals surface area contributed by atoms with Crippen LogP contribution in [-0.4, -0.2) is 49.4 Å². The lowest BCUT2D eigenvalue weighted by molar-refractivity contribution is -0.121. The largest absolute Gasteiger partial charge is 0.494 e. The van der Waals surface area contributed by atoms with Crippen molar-refractivity contribution in [1.82, 2.24) is 14.2 Å². The van der Waals surface area contributed by atoms with Crippen molar-refractivity contribution in [2.75, 3.05) is 26.2 Å². The van der Waals surface area contributed by atoms with Crippen molar-refractivity contribution in [2.45, 2.75) is 56.9 Å². The van der Waals surface area contributed by atoms with Crippen LogP contribution in [0.1, 0.15) is 44.6 Å². The highest BCUT2D eigenvalue weighted by Gasteiger charge is 2.25. The van der Waals surface area contributed by atoms with E-state index in [2.05, 4.69) is 5.32 Å². The van der Waals surface area contributed by atoms with Crippen molar-refractivity contribution in [1.29, 1.82) is 0 Å². The number of benzene rings is 2. The third-order valence-corrected chi connectivity index (χ3v) is 8.39. The van der Waals surface area contributed by atoms with Crippen LogP contribution in [0.2, 0.25) is 0 Å². The third-order valence-electron chi connectivity index (χ3n) is 6.50. The number of nitrogens with one attached hydrogen (secondary N) is 1. The zero-order valence-electron chi connectivity index (χ0n) is 20.4. The van der Waals surface area contributed by atoms with Gasteiger partial charge >= 0.3 is 0 Å². The van der Waals surface area contributed by atoms with Crippen LogP contribution in [0.4, 0.5) is 0 Å². The number of ether oxygens (including phenoxy) is 1. The number of amides is 1. The van der Waals surface area contributed by atoms with E-state index in [-0.39, 0.29) is 5.91 Å². The fourth-order valence-electron chi connectivity index (χ4n) is 4.54. The van der Waals surface area contributed by atoms with Gasteiger partial charge in [0.2, 0.25) is 15.9 Å². The Labute approximate surface area is 208 Å². The van der Waals surface area contributed by atoms with Crippen molar-refractivity contribution in [3.63, 3.8) is 0 Å². The van der Waals surface area contributed by atoms with Gasteiger partial charge < -0.3 is 14.6 Å². The van der Waals surface area contributed by atoms with E-state index < -0.39 is 10.0 Å². The molecule has 0 bridgehead atoms. The second-order valence-corrected chi connectivity index (χ2v) is 10.9. The highest BCUT2D eigenvalue weighted by atomic mass is 32.2. The van der Waals surface area contributed by atoms with Crippen molar-refractivity contribution < 1.29 is 17.9 Å². The fourth-order valence-corrected chi connectivity index (χ4v) is 6.09. The van der Waals surface area contributed by atoms with Crippen LogP contribution in [0.5, 0.6) is 5.75 Å². The summed E-state index contributed by atoms with van der Waals surface area (Å²) in [6.07, 6.45) is 7.05. The second-order valence-electron chi connectivity index (χ2n) is 8.97. The van der Waals surface area contributed by atoms with Crippen molar-refractivity contribution >= 4 is 26.8 Å². The van der Waals surface area contributed by atoms with Gasteiger partial charge in [0, 0.05) is 49.7 Å². The van der Waals surface area contributed by atoms with Gasteiger partial charge in [-0.1, -0.05) is 25.0 Å². The van der Waals surface area contributed by atoms with Crippen LogP contribution in [0, 0.1) is 0 Å². The smallest absolute Gasteiger partial charge is 0.243 e. The van der Waals surface area contributed by atoms with E-state index in [1.807, 2.05) is 54.1 Å². The molecule has 4 rings (SSSR count). The van der Waals surface area contributed by atoms with Crippen molar-refractivity contribution in [3.8, 4) is 5.75 Å². The number of rotatable bonds is 10. The van der Waals surface area contributed by atoms with Gasteiger partial charge in [-0.25, -0.2) is 8.42 Å². The highest BCUT2D eigenvalue weighted by Crippen LogP contribution is 2.25. The summed E-state index contributed by atoms with van der Waals surface area (Å²) in [6, 6.07) is 15.1. The minimum Gasteiger partial charge on any atom is -0.494 e. The first-order valence-corrected chi connectivity index (χ1v) is 14.0. The van der Waals surface area contributed by atoms with E-state index in [4.69, 9.17) is 4.74 Å². The zero-order chi connectivity index (χ0) is 24.7. The monoisotopic (exact) mass is 497 g/mol. The number of carbonyl (C=O) groups is 1. The molecule has 0 unspecified atom stereocenters. The minimum atomic E-state index is -3.48. The molecule has 1 aromatic heterocycles. The van der Waals surface area contributed by atoms with Crippen LogP contribution in [-0.2, 0) is 27.8 Å². The summed E-state index contributed by atoms with van der Waals surface area (Å²) in [7, 11) is -3.48. The van der Waals surface area contributed by atoms with Crippen LogP contribution >= 0.6 is 0 Å². The molecule has 2 heterocycles. The predicted molar refractivity (Wildman–Crippen MR) is 138 cm³/mol. The lowest BCUT2D eigenvalue weighted by Crippen LogP contribution is -2.31. The lowest BCUT2D eigenvalue weighted by Gasteiger charge is -2.20. The van der Waals surface area contributed by atoms with Gasteiger partial charge in [0.05, 0.1) is 11.5 Å². The Hall–Kier alpha value is -2.84. The number of hydrogen-bond donors (Lipinski definition) is 1. The molecular weight excluding hydrogens is 462 g/mol. The Bertz CT molecular complexity index is 1230. The normalized spacial score (nSPS) is 15.1. The zero-order valence-corrected chi connectivity index (χ0v) is 21.2. The van der Waals surface area contributed by atoms with Gasteiger partial charge in [-0.15, -0.1) is 0 Å². The standard InChI is InChI=1S/C27H35N3O4S/c1-2-34-24-9-7-22(8-10-24)13-16-28-27(31)15-20-29-19-14-23-21-25(11-12-26(23)29)35(32,33)30-17-5-3-4-6-18-30/h7-12,14,19,21H,2-6,13,15-18,20H2,1H3,(H,28,31). The molecule has 1 fully saturated rings. The summed E-state index contributed by atoms with van der Waals surface area (Å²) in [5.74, 6) is 0.851. The predicted octanol–water partition coefficient (Wildman–Crippen LogP) is 4.35. The lowest BCUT2D eigenvalue weighted by atomic mass is 10.1. The highest BCUT2D eigenvalue weighted by molar-refractivity contribution is 7.89. The maximum atomic E-state index is 13.1. The van der Waals surface area contributed by atoms with Gasteiger partial charge in [0.25, 0.3) is 0 Å². The maximum Gasteiger partial charge on any atom is 0.243 e. The molecule has 7 nitrogen and oxygen atoms in total. The summed E-state index contributed by atoms with van der Waals surface area (Å²) >= 11 is 0. The molecule has 0 spiro atoms. The van der Waals surface area contributed by atoms with E-state index in [1.165, 1.54) is 0 Å². The first-order valence-electron chi connectivity index (χ1n) is 12.5. The summed E-state index contributed by atoms with van der Waals surface area (Å²) in [5, 5.41) is 3.86. The number of aryl methyl sites for hydroxylation is 1. The van der Waals surface area contributed by atoms with E-state index in [0.717, 1.165) is 54.3 Å². The average Bonchev–Trinajstić information content (AvgIpc) is 3.06. The SMILES string of the molecule is CCOc1ccc(CCNC(=O)CCn2ccc3cc(S(=O)(=O)N4CCCCCC4)ccc32)cc1. The summed E-state index contributed by atoms with van der Waals surface area (Å²) < 4.78 is 35.3. The Morgan fingerprint density at radius 1 is 1.00 bits per heavy atom. The van der Waals surface area contributed by atoms with Gasteiger partial charge in [0.15, 0.2) is 0 Å². The Kier molecular flexibility index (Phi) is 8.46. The molecule has 35 heavy (non-hydrogen) atoms. The minimum absolute atomic E-state index is 0.00171. The van der Waals surface area contributed by atoms with E-state index >= 15 is 0 Å². The molecule has 1 aliphatic heterocycles. The molecule has 2 aromatic carbocycles. The number of aromatic nitrogens is 1. The van der Waals surface area contributed by atoms with E-state index in [9.17, 15) is 13.2 Å². The summed E-state index contributed by atoms with van der Waals surface area (Å²) in [6.45, 7) is 4.90. The van der Waals surface area contributed by atoms with Crippen LogP contribution in [0.15, 0.2) is 59.6 Å². The molecule has 0 atom stereocenters. The second kappa shape index (κ2) is 11.7. The summed E-state index contributed by atoms with van der Waals surface area (Å²) in [4.78, 5) is 12.7. The van der Waals surface area contributed by atoms with Gasteiger partial charge in [-0.2, -0.15) is 4.31 Å². The molecule has 1 N–H and O–H groups in total. The molecule has 3 aromatic rings. The van der Waals surface area contributed by atoms with Crippen LogP contribution in [0.3, 0.4) is 0 Å². The molecule has 0 aliphatic carbocycles. The molecule has 0 saturated carbocycles. The molecule has 1 saturated heterocycles. The molecule has 0 radical (unpaired) electrons. The van der Waals surface area contributed by atoms with Crippen molar-refractivity contribution in [2.24, 2.45) is 0 Å². The van der Waals surface area contributed by atoms with E-state index in [1.54, 1.807) is 16.4 Å².